The fraction of sp³-hybridized carbons (Fsp3) is 0.333. The fourth-order valence-electron chi connectivity index (χ4n) is 4.20. The number of hydrogen-bond donors (Lipinski definition) is 0. The van der Waals surface area contributed by atoms with E-state index in [2.05, 4.69) is 9.80 Å². The zero-order chi connectivity index (χ0) is 22.8. The van der Waals surface area contributed by atoms with Crippen molar-refractivity contribution in [3.05, 3.63) is 54.1 Å². The number of anilines is 2. The third-order valence-corrected chi connectivity index (χ3v) is 5.87. The number of esters is 1. The van der Waals surface area contributed by atoms with Gasteiger partial charge in [-0.05, 0) is 55.5 Å². The van der Waals surface area contributed by atoms with Crippen molar-refractivity contribution in [2.24, 2.45) is 0 Å². The van der Waals surface area contributed by atoms with Crippen molar-refractivity contribution < 1.29 is 23.9 Å². The maximum atomic E-state index is 13.1. The zero-order valence-corrected chi connectivity index (χ0v) is 18.1. The number of ether oxygens (including phenoxy) is 1. The molecule has 8 heteroatoms. The van der Waals surface area contributed by atoms with Crippen LogP contribution in [0, 0.1) is 0 Å². The molecule has 0 spiro atoms. The second-order valence-electron chi connectivity index (χ2n) is 8.00. The van der Waals surface area contributed by atoms with Crippen LogP contribution in [-0.4, -0.2) is 60.7 Å². The van der Waals surface area contributed by atoms with Gasteiger partial charge in [0, 0.05) is 44.4 Å². The molecule has 2 saturated heterocycles. The van der Waals surface area contributed by atoms with Gasteiger partial charge in [0.1, 0.15) is 5.75 Å². The Kier molecular flexibility index (Phi) is 6.05. The Morgan fingerprint density at radius 3 is 2.00 bits per heavy atom. The molecule has 2 aromatic carbocycles. The largest absolute Gasteiger partial charge is 0.427 e. The van der Waals surface area contributed by atoms with Gasteiger partial charge < -0.3 is 9.64 Å². The van der Waals surface area contributed by atoms with Crippen molar-refractivity contribution in [1.82, 2.24) is 4.90 Å². The number of piperazine rings is 1. The van der Waals surface area contributed by atoms with E-state index in [0.717, 1.165) is 18.8 Å². The third kappa shape index (κ3) is 4.40. The minimum absolute atomic E-state index is 0.0383. The normalized spacial score (nSPS) is 19.4. The number of hydrogen-bond acceptors (Lipinski definition) is 7. The van der Waals surface area contributed by atoms with Crippen molar-refractivity contribution in [2.45, 2.75) is 26.3 Å². The van der Waals surface area contributed by atoms with Gasteiger partial charge in [-0.2, -0.15) is 0 Å². The van der Waals surface area contributed by atoms with E-state index in [1.165, 1.54) is 11.8 Å². The molecule has 2 aliphatic heterocycles. The summed E-state index contributed by atoms with van der Waals surface area (Å²) in [4.78, 5) is 53.7. The van der Waals surface area contributed by atoms with Crippen LogP contribution in [0.25, 0.3) is 0 Å². The molecule has 0 N–H and O–H groups in total. The van der Waals surface area contributed by atoms with E-state index in [4.69, 9.17) is 4.74 Å². The number of nitrogens with zero attached hydrogens (tertiary/aromatic N) is 3. The lowest BCUT2D eigenvalue weighted by atomic mass is 10.1. The van der Waals surface area contributed by atoms with Crippen LogP contribution in [-0.2, 0) is 14.4 Å². The van der Waals surface area contributed by atoms with Crippen LogP contribution < -0.4 is 14.5 Å². The predicted octanol–water partition coefficient (Wildman–Crippen LogP) is 2.27. The summed E-state index contributed by atoms with van der Waals surface area (Å²) in [6.07, 6.45) is 0.151. The molecule has 32 heavy (non-hydrogen) atoms. The maximum absolute atomic E-state index is 13.1. The van der Waals surface area contributed by atoms with Gasteiger partial charge >= 0.3 is 5.97 Å². The van der Waals surface area contributed by atoms with E-state index in [1.54, 1.807) is 31.2 Å². The first-order valence-corrected chi connectivity index (χ1v) is 10.6. The maximum Gasteiger partial charge on any atom is 0.308 e. The predicted molar refractivity (Wildman–Crippen MR) is 119 cm³/mol. The molecule has 0 aromatic heterocycles. The monoisotopic (exact) mass is 435 g/mol. The Balaban J connectivity index is 1.39. The number of carbonyl (C=O) groups excluding carboxylic acids is 4. The lowest BCUT2D eigenvalue weighted by molar-refractivity contribution is -0.132. The zero-order valence-electron chi connectivity index (χ0n) is 18.1. The Hall–Kier alpha value is -3.52. The van der Waals surface area contributed by atoms with Crippen molar-refractivity contribution in [2.75, 3.05) is 36.0 Å². The standard InChI is InChI=1S/C24H25N3O5/c1-16(28)18-3-5-19(6-4-18)25-11-13-26(14-12-25)22-15-23(30)27(24(22)31)20-7-9-21(10-8-20)32-17(2)29/h3-10,22H,11-15H2,1-2H3. The summed E-state index contributed by atoms with van der Waals surface area (Å²) in [6, 6.07) is 13.4. The molecule has 2 heterocycles. The Bertz CT molecular complexity index is 1040. The van der Waals surface area contributed by atoms with Crippen molar-refractivity contribution >= 4 is 34.9 Å². The molecule has 2 fully saturated rings. The highest BCUT2D eigenvalue weighted by Crippen LogP contribution is 2.28. The van der Waals surface area contributed by atoms with E-state index >= 15 is 0 Å². The quantitative estimate of drug-likeness (QED) is 0.308. The van der Waals surface area contributed by atoms with Crippen LogP contribution in [0.3, 0.4) is 0 Å². The molecule has 4 rings (SSSR count). The SMILES string of the molecule is CC(=O)Oc1ccc(N2C(=O)CC(N3CCN(c4ccc(C(C)=O)cc4)CC3)C2=O)cc1. The van der Waals surface area contributed by atoms with Gasteiger partial charge in [0.15, 0.2) is 5.78 Å². The summed E-state index contributed by atoms with van der Waals surface area (Å²) in [5.41, 5.74) is 2.20. The van der Waals surface area contributed by atoms with Crippen LogP contribution in [0.5, 0.6) is 5.75 Å². The number of ketones is 1. The highest BCUT2D eigenvalue weighted by Gasteiger charge is 2.43. The van der Waals surface area contributed by atoms with Crippen molar-refractivity contribution in [1.29, 1.82) is 0 Å². The highest BCUT2D eigenvalue weighted by atomic mass is 16.5. The Morgan fingerprint density at radius 1 is 0.844 bits per heavy atom. The van der Waals surface area contributed by atoms with Crippen molar-refractivity contribution in [3.63, 3.8) is 0 Å². The highest BCUT2D eigenvalue weighted by molar-refractivity contribution is 6.22. The summed E-state index contributed by atoms with van der Waals surface area (Å²) >= 11 is 0. The van der Waals surface area contributed by atoms with Gasteiger partial charge in [0.2, 0.25) is 5.91 Å². The number of carbonyl (C=O) groups is 4. The molecule has 1 atom stereocenters. The molecule has 166 valence electrons. The van der Waals surface area contributed by atoms with Gasteiger partial charge in [-0.1, -0.05) is 0 Å². The van der Waals surface area contributed by atoms with Gasteiger partial charge in [-0.3, -0.25) is 24.1 Å². The summed E-state index contributed by atoms with van der Waals surface area (Å²) in [5.74, 6) is -0.488. The molecule has 2 amide bonds. The van der Waals surface area contributed by atoms with E-state index in [9.17, 15) is 19.2 Å². The molecular weight excluding hydrogens is 410 g/mol. The minimum Gasteiger partial charge on any atom is -0.427 e. The van der Waals surface area contributed by atoms with Crippen molar-refractivity contribution in [3.8, 4) is 5.75 Å². The molecule has 0 saturated carbocycles. The Labute approximate surface area is 186 Å². The van der Waals surface area contributed by atoms with Gasteiger partial charge in [0.05, 0.1) is 18.2 Å². The van der Waals surface area contributed by atoms with Crippen LogP contribution in [0.2, 0.25) is 0 Å². The average molecular weight is 435 g/mol. The number of Topliss-reactive ketones (excluding diaryl/α,β-unsaturated/α-hetero) is 1. The van der Waals surface area contributed by atoms with Gasteiger partial charge in [-0.25, -0.2) is 4.90 Å². The van der Waals surface area contributed by atoms with Crippen LogP contribution in [0.1, 0.15) is 30.6 Å². The Morgan fingerprint density at radius 2 is 1.44 bits per heavy atom. The fourth-order valence-corrected chi connectivity index (χ4v) is 4.20. The first-order valence-electron chi connectivity index (χ1n) is 10.6. The summed E-state index contributed by atoms with van der Waals surface area (Å²) in [5, 5.41) is 0. The number of amides is 2. The smallest absolute Gasteiger partial charge is 0.308 e. The molecule has 0 aliphatic carbocycles. The van der Waals surface area contributed by atoms with E-state index in [0.29, 0.717) is 30.1 Å². The summed E-state index contributed by atoms with van der Waals surface area (Å²) < 4.78 is 5.01. The van der Waals surface area contributed by atoms with Crippen LogP contribution in [0.4, 0.5) is 11.4 Å². The molecule has 2 aliphatic rings. The molecule has 0 bridgehead atoms. The summed E-state index contributed by atoms with van der Waals surface area (Å²) in [7, 11) is 0. The molecular formula is C24H25N3O5. The van der Waals surface area contributed by atoms with E-state index in [-0.39, 0.29) is 24.0 Å². The third-order valence-electron chi connectivity index (χ3n) is 5.87. The molecule has 0 radical (unpaired) electrons. The lowest BCUT2D eigenvalue weighted by Crippen LogP contribution is -2.52. The number of imide groups is 1. The number of rotatable bonds is 5. The first-order chi connectivity index (χ1) is 15.3. The van der Waals surface area contributed by atoms with Crippen LogP contribution >= 0.6 is 0 Å². The van der Waals surface area contributed by atoms with Gasteiger partial charge in [0.25, 0.3) is 5.91 Å². The average Bonchev–Trinajstić information content (AvgIpc) is 3.08. The molecule has 2 aromatic rings. The summed E-state index contributed by atoms with van der Waals surface area (Å²) in [6.45, 7) is 5.65. The van der Waals surface area contributed by atoms with Gasteiger partial charge in [-0.15, -0.1) is 0 Å². The number of benzene rings is 2. The second kappa shape index (κ2) is 8.92. The topological polar surface area (TPSA) is 87.2 Å². The second-order valence-corrected chi connectivity index (χ2v) is 8.00. The minimum atomic E-state index is -0.474. The van der Waals surface area contributed by atoms with Crippen LogP contribution in [0.15, 0.2) is 48.5 Å². The first kappa shape index (κ1) is 21.7. The lowest BCUT2D eigenvalue weighted by Gasteiger charge is -2.38. The molecule has 8 nitrogen and oxygen atoms in total. The molecule has 1 unspecified atom stereocenters. The van der Waals surface area contributed by atoms with E-state index in [1.807, 2.05) is 24.3 Å². The van der Waals surface area contributed by atoms with E-state index < -0.39 is 12.0 Å².